The van der Waals surface area contributed by atoms with Crippen LogP contribution in [0.1, 0.15) is 27.7 Å². The predicted molar refractivity (Wildman–Crippen MR) is 91.4 cm³/mol. The Labute approximate surface area is 138 Å². The molecule has 2 amide bonds. The van der Waals surface area contributed by atoms with Crippen LogP contribution >= 0.6 is 21.6 Å². The van der Waals surface area contributed by atoms with Gasteiger partial charge in [-0.15, -0.1) is 0 Å². The van der Waals surface area contributed by atoms with Gasteiger partial charge in [-0.25, -0.2) is 9.59 Å². The van der Waals surface area contributed by atoms with E-state index >= 15 is 0 Å². The van der Waals surface area contributed by atoms with Crippen molar-refractivity contribution in [3.8, 4) is 0 Å². The normalized spacial score (nSPS) is 12.5. The average Bonchev–Trinajstić information content (AvgIpc) is 2.44. The predicted octanol–water partition coefficient (Wildman–Crippen LogP) is 2.61. The Morgan fingerprint density at radius 1 is 0.864 bits per heavy atom. The quantitative estimate of drug-likeness (QED) is 0.317. The van der Waals surface area contributed by atoms with Gasteiger partial charge in [-0.2, -0.15) is 0 Å². The van der Waals surface area contributed by atoms with Crippen LogP contribution in [0, 0.1) is 0 Å². The van der Waals surface area contributed by atoms with Crippen molar-refractivity contribution in [3.63, 3.8) is 0 Å². The minimum Gasteiger partial charge on any atom is -0.323 e. The van der Waals surface area contributed by atoms with Crippen LogP contribution in [0.2, 0.25) is 0 Å². The lowest BCUT2D eigenvalue weighted by Crippen LogP contribution is -2.22. The summed E-state index contributed by atoms with van der Waals surface area (Å²) in [5, 5.41) is 11.8. The third kappa shape index (κ3) is 10.3. The molecule has 0 aromatic carbocycles. The van der Waals surface area contributed by atoms with E-state index < -0.39 is 12.2 Å². The lowest BCUT2D eigenvalue weighted by Gasteiger charge is -2.23. The highest BCUT2D eigenvalue weighted by Crippen LogP contribution is 2.42. The van der Waals surface area contributed by atoms with Crippen LogP contribution in [-0.2, 0) is 9.68 Å². The minimum absolute atomic E-state index is 0.370. The summed E-state index contributed by atoms with van der Waals surface area (Å²) in [6.45, 7) is 7.70. The molecule has 22 heavy (non-hydrogen) atoms. The number of hydrogen-bond acceptors (Lipinski definition) is 8. The van der Waals surface area contributed by atoms with Crippen LogP contribution in [0.15, 0.2) is 10.3 Å². The third-order valence-electron chi connectivity index (χ3n) is 1.88. The minimum atomic E-state index is -0.622. The number of nitrogens with one attached hydrogen (secondary N) is 2. The molecule has 0 saturated carbocycles. The second-order valence-electron chi connectivity index (χ2n) is 5.10. The van der Waals surface area contributed by atoms with Gasteiger partial charge >= 0.3 is 12.2 Å². The number of hydrogen-bond donors (Lipinski definition) is 2. The molecule has 0 atom stereocenters. The molecule has 126 valence electrons. The molecule has 0 spiro atoms. The number of amides is 2. The maximum absolute atomic E-state index is 10.9. The van der Waals surface area contributed by atoms with Gasteiger partial charge in [-0.3, -0.25) is 9.68 Å². The summed E-state index contributed by atoms with van der Waals surface area (Å²) >= 11 is 0. The summed E-state index contributed by atoms with van der Waals surface area (Å²) in [6.07, 6.45) is 1.83. The molecule has 0 fully saturated rings. The number of rotatable bonds is 7. The van der Waals surface area contributed by atoms with Gasteiger partial charge < -0.3 is 10.6 Å². The summed E-state index contributed by atoms with van der Waals surface area (Å²) in [5.74, 6) is 0. The van der Waals surface area contributed by atoms with Gasteiger partial charge in [-0.1, -0.05) is 31.9 Å². The highest BCUT2D eigenvalue weighted by Gasteiger charge is 2.24. The number of carbonyl (C=O) groups is 2. The molecule has 0 aliphatic heterocycles. The van der Waals surface area contributed by atoms with E-state index in [-0.39, 0.29) is 9.49 Å². The largest absolute Gasteiger partial charge is 0.433 e. The van der Waals surface area contributed by atoms with Crippen LogP contribution < -0.4 is 10.6 Å². The van der Waals surface area contributed by atoms with Crippen LogP contribution in [0.4, 0.5) is 9.59 Å². The fraction of sp³-hybridized carbons (Fsp3) is 0.667. The Morgan fingerprint density at radius 3 is 1.45 bits per heavy atom. The first-order valence-electron chi connectivity index (χ1n) is 6.35. The number of oxime groups is 2. The smallest absolute Gasteiger partial charge is 0.323 e. The molecule has 0 unspecified atom stereocenters. The maximum atomic E-state index is 10.9. The molecular weight excluding hydrogens is 328 g/mol. The van der Waals surface area contributed by atoms with E-state index in [4.69, 9.17) is 0 Å². The van der Waals surface area contributed by atoms with Gasteiger partial charge in [0, 0.05) is 14.1 Å². The summed E-state index contributed by atoms with van der Waals surface area (Å²) in [7, 11) is 5.94. The van der Waals surface area contributed by atoms with Crippen molar-refractivity contribution in [1.29, 1.82) is 0 Å². The summed E-state index contributed by atoms with van der Waals surface area (Å²) in [6, 6.07) is 0. The zero-order chi connectivity index (χ0) is 17.2. The molecule has 0 aromatic rings. The molecular formula is C12H22N4O4S2. The summed E-state index contributed by atoms with van der Waals surface area (Å²) in [4.78, 5) is 30.9. The van der Waals surface area contributed by atoms with E-state index in [1.54, 1.807) is 0 Å². The lowest BCUT2D eigenvalue weighted by molar-refractivity contribution is 0.152. The van der Waals surface area contributed by atoms with Crippen molar-refractivity contribution in [2.75, 3.05) is 14.1 Å². The first-order chi connectivity index (χ1) is 10.1. The van der Waals surface area contributed by atoms with Crippen molar-refractivity contribution < 1.29 is 19.3 Å². The molecule has 8 nitrogen and oxygen atoms in total. The van der Waals surface area contributed by atoms with E-state index in [0.29, 0.717) is 0 Å². The van der Waals surface area contributed by atoms with Crippen molar-refractivity contribution in [1.82, 2.24) is 10.6 Å². The molecule has 0 rings (SSSR count). The van der Waals surface area contributed by atoms with E-state index in [0.717, 1.165) is 0 Å². The molecule has 10 heteroatoms. The van der Waals surface area contributed by atoms with Crippen molar-refractivity contribution >= 4 is 46.2 Å². The molecule has 0 saturated heterocycles. The van der Waals surface area contributed by atoms with Crippen LogP contribution in [0.5, 0.6) is 0 Å². The Bertz CT molecular complexity index is 399. The Hall–Kier alpha value is -1.42. The lowest BCUT2D eigenvalue weighted by atomic mass is 10.2. The van der Waals surface area contributed by atoms with Gasteiger partial charge in [0.1, 0.15) is 0 Å². The zero-order valence-corrected chi connectivity index (χ0v) is 15.1. The Kier molecular flexibility index (Phi) is 8.95. The summed E-state index contributed by atoms with van der Waals surface area (Å²) in [5.41, 5.74) is 0. The van der Waals surface area contributed by atoms with Gasteiger partial charge in [0.2, 0.25) is 0 Å². The first-order valence-corrected chi connectivity index (χ1v) is 8.50. The maximum Gasteiger partial charge on any atom is 0.433 e. The topological polar surface area (TPSA) is 101 Å². The van der Waals surface area contributed by atoms with E-state index in [9.17, 15) is 9.59 Å². The van der Waals surface area contributed by atoms with E-state index in [1.807, 2.05) is 27.7 Å². The van der Waals surface area contributed by atoms with Gasteiger partial charge in [-0.05, 0) is 27.7 Å². The highest BCUT2D eigenvalue weighted by atomic mass is 33.1. The molecule has 0 radical (unpaired) electrons. The molecule has 0 aliphatic rings. The zero-order valence-electron chi connectivity index (χ0n) is 13.5. The molecule has 0 aliphatic carbocycles. The molecule has 2 N–H and O–H groups in total. The fourth-order valence-corrected chi connectivity index (χ4v) is 2.90. The van der Waals surface area contributed by atoms with Crippen LogP contribution in [0.25, 0.3) is 0 Å². The first kappa shape index (κ1) is 20.6. The second kappa shape index (κ2) is 9.57. The van der Waals surface area contributed by atoms with Crippen LogP contribution in [0.3, 0.4) is 0 Å². The number of nitrogens with zero attached hydrogens (tertiary/aromatic N) is 2. The molecule has 0 heterocycles. The second-order valence-corrected chi connectivity index (χ2v) is 8.54. The third-order valence-corrected chi connectivity index (χ3v) is 5.86. The highest BCUT2D eigenvalue weighted by molar-refractivity contribution is 8.78. The van der Waals surface area contributed by atoms with Gasteiger partial charge in [0.15, 0.2) is 0 Å². The van der Waals surface area contributed by atoms with Crippen molar-refractivity contribution in [2.24, 2.45) is 10.3 Å². The van der Waals surface area contributed by atoms with Crippen LogP contribution in [-0.4, -0.2) is 48.2 Å². The number of carbonyl (C=O) groups excluding carboxylic acids is 2. The van der Waals surface area contributed by atoms with E-state index in [2.05, 4.69) is 30.6 Å². The van der Waals surface area contributed by atoms with Gasteiger partial charge in [0.05, 0.1) is 21.9 Å². The van der Waals surface area contributed by atoms with E-state index in [1.165, 1.54) is 48.1 Å². The molecule has 0 aromatic heterocycles. The fourth-order valence-electron chi connectivity index (χ4n) is 0.751. The van der Waals surface area contributed by atoms with Crippen molar-refractivity contribution in [2.45, 2.75) is 37.2 Å². The monoisotopic (exact) mass is 350 g/mol. The molecule has 0 bridgehead atoms. The Balaban J connectivity index is 4.37. The average molecular weight is 350 g/mol. The Morgan fingerprint density at radius 2 is 1.18 bits per heavy atom. The van der Waals surface area contributed by atoms with Gasteiger partial charge in [0.25, 0.3) is 0 Å². The summed E-state index contributed by atoms with van der Waals surface area (Å²) < 4.78 is -0.739. The standard InChI is InChI=1S/C12H22N4O4S2/c1-11(2,7-15-19-9(17)13-5)21-22-12(3,4)8-16-20-10(18)14-6/h7-8H,1-6H3,(H,13,17)(H,14,18). The SMILES string of the molecule is CNC(=O)ON=CC(C)(C)SSC(C)(C)C=NOC(=O)NC. The van der Waals surface area contributed by atoms with Crippen molar-refractivity contribution in [3.05, 3.63) is 0 Å².